The molecule has 1 aliphatic heterocycles. The SMILES string of the molecule is COc1ccc(C2CC(c3ccc(Br)cc3)=NN2C(=O)CSc2ccc3nnc(-c4ccccn4)n3n2)cc1. The molecule has 3 aromatic heterocycles. The first kappa shape index (κ1) is 25.2. The van der Waals surface area contributed by atoms with Gasteiger partial charge in [-0.1, -0.05) is 58.0 Å². The van der Waals surface area contributed by atoms with E-state index in [4.69, 9.17) is 9.84 Å². The van der Waals surface area contributed by atoms with Crippen molar-refractivity contribution in [3.8, 4) is 17.3 Å². The molecule has 6 rings (SSSR count). The van der Waals surface area contributed by atoms with Crippen LogP contribution in [0.25, 0.3) is 17.2 Å². The molecule has 0 aliphatic carbocycles. The molecule has 11 heteroatoms. The number of thioether (sulfide) groups is 1. The molecule has 0 saturated carbocycles. The lowest BCUT2D eigenvalue weighted by molar-refractivity contribution is -0.130. The maximum atomic E-state index is 13.6. The lowest BCUT2D eigenvalue weighted by Gasteiger charge is -2.22. The Balaban J connectivity index is 1.25. The van der Waals surface area contributed by atoms with Crippen LogP contribution in [-0.4, -0.2) is 54.3 Å². The van der Waals surface area contributed by atoms with Gasteiger partial charge >= 0.3 is 0 Å². The number of aromatic nitrogens is 5. The van der Waals surface area contributed by atoms with Crippen molar-refractivity contribution in [2.75, 3.05) is 12.9 Å². The molecule has 5 aromatic rings. The number of hydrazone groups is 1. The van der Waals surface area contributed by atoms with E-state index in [9.17, 15) is 4.79 Å². The third kappa shape index (κ3) is 5.27. The van der Waals surface area contributed by atoms with Gasteiger partial charge in [0.1, 0.15) is 16.5 Å². The summed E-state index contributed by atoms with van der Waals surface area (Å²) >= 11 is 4.83. The Kier molecular flexibility index (Phi) is 7.08. The number of rotatable bonds is 7. The van der Waals surface area contributed by atoms with Crippen LogP contribution in [0.1, 0.15) is 23.6 Å². The molecular weight excluding hydrogens is 578 g/mol. The van der Waals surface area contributed by atoms with Crippen molar-refractivity contribution in [2.24, 2.45) is 5.10 Å². The number of ether oxygens (including phenoxy) is 1. The molecule has 194 valence electrons. The van der Waals surface area contributed by atoms with Crippen molar-refractivity contribution in [3.63, 3.8) is 0 Å². The van der Waals surface area contributed by atoms with Crippen LogP contribution in [0.4, 0.5) is 0 Å². The first-order valence-electron chi connectivity index (χ1n) is 12.1. The van der Waals surface area contributed by atoms with E-state index < -0.39 is 0 Å². The number of hydrogen-bond donors (Lipinski definition) is 0. The number of carbonyl (C=O) groups excluding carboxylic acids is 1. The number of methoxy groups -OCH3 is 1. The Morgan fingerprint density at radius 3 is 2.59 bits per heavy atom. The van der Waals surface area contributed by atoms with E-state index in [1.54, 1.807) is 22.8 Å². The van der Waals surface area contributed by atoms with Crippen LogP contribution >= 0.6 is 27.7 Å². The molecule has 1 aliphatic rings. The number of fused-ring (bicyclic) bond motifs is 1. The highest BCUT2D eigenvalue weighted by molar-refractivity contribution is 9.10. The summed E-state index contributed by atoms with van der Waals surface area (Å²) in [7, 11) is 1.64. The minimum atomic E-state index is -0.216. The van der Waals surface area contributed by atoms with Gasteiger partial charge in [-0.2, -0.15) is 14.7 Å². The van der Waals surface area contributed by atoms with Gasteiger partial charge < -0.3 is 4.74 Å². The molecule has 0 spiro atoms. The molecule has 0 N–H and O–H groups in total. The van der Waals surface area contributed by atoms with Crippen LogP contribution < -0.4 is 4.74 Å². The minimum absolute atomic E-state index is 0.108. The van der Waals surface area contributed by atoms with E-state index in [1.165, 1.54) is 11.8 Å². The van der Waals surface area contributed by atoms with Crippen molar-refractivity contribution >= 4 is 45.0 Å². The summed E-state index contributed by atoms with van der Waals surface area (Å²) in [4.78, 5) is 17.9. The first-order valence-corrected chi connectivity index (χ1v) is 13.9. The minimum Gasteiger partial charge on any atom is -0.497 e. The van der Waals surface area contributed by atoms with E-state index in [-0.39, 0.29) is 17.7 Å². The Hall–Kier alpha value is -4.09. The van der Waals surface area contributed by atoms with Gasteiger partial charge in [0.05, 0.1) is 24.6 Å². The molecule has 0 fully saturated rings. The summed E-state index contributed by atoms with van der Waals surface area (Å²) in [5.41, 5.74) is 4.13. The summed E-state index contributed by atoms with van der Waals surface area (Å²) in [5.74, 6) is 1.37. The van der Waals surface area contributed by atoms with E-state index in [1.807, 2.05) is 78.9 Å². The largest absolute Gasteiger partial charge is 0.497 e. The highest BCUT2D eigenvalue weighted by Gasteiger charge is 2.33. The quantitative estimate of drug-likeness (QED) is 0.230. The fourth-order valence-electron chi connectivity index (χ4n) is 4.35. The van der Waals surface area contributed by atoms with Gasteiger partial charge in [-0.3, -0.25) is 9.78 Å². The Labute approximate surface area is 237 Å². The molecule has 39 heavy (non-hydrogen) atoms. The zero-order chi connectivity index (χ0) is 26.8. The summed E-state index contributed by atoms with van der Waals surface area (Å²) in [5, 5.41) is 20.1. The average Bonchev–Trinajstić information content (AvgIpc) is 3.62. The number of nitrogens with zero attached hydrogens (tertiary/aromatic N) is 7. The maximum Gasteiger partial charge on any atom is 0.253 e. The predicted octanol–water partition coefficient (Wildman–Crippen LogP) is 5.43. The molecule has 0 bridgehead atoms. The molecular formula is C28H22BrN7O2S. The third-order valence-electron chi connectivity index (χ3n) is 6.32. The number of benzene rings is 2. The zero-order valence-electron chi connectivity index (χ0n) is 20.8. The molecule has 1 amide bonds. The predicted molar refractivity (Wildman–Crippen MR) is 153 cm³/mol. The second kappa shape index (κ2) is 11.0. The molecule has 1 atom stereocenters. The molecule has 2 aromatic carbocycles. The molecule has 9 nitrogen and oxygen atoms in total. The van der Waals surface area contributed by atoms with Crippen LogP contribution in [0, 0.1) is 0 Å². The lowest BCUT2D eigenvalue weighted by Crippen LogP contribution is -2.28. The topological polar surface area (TPSA) is 97.9 Å². The van der Waals surface area contributed by atoms with Crippen LogP contribution in [0.3, 0.4) is 0 Å². The number of pyridine rings is 1. The van der Waals surface area contributed by atoms with Crippen LogP contribution in [0.15, 0.2) is 99.7 Å². The molecule has 4 heterocycles. The summed E-state index contributed by atoms with van der Waals surface area (Å²) < 4.78 is 7.96. The number of halogens is 1. The smallest absolute Gasteiger partial charge is 0.253 e. The highest BCUT2D eigenvalue weighted by atomic mass is 79.9. The highest BCUT2D eigenvalue weighted by Crippen LogP contribution is 2.34. The van der Waals surface area contributed by atoms with Gasteiger partial charge in [-0.05, 0) is 59.7 Å². The average molecular weight is 601 g/mol. The summed E-state index contributed by atoms with van der Waals surface area (Å²) in [6.45, 7) is 0. The Bertz CT molecular complexity index is 1660. The second-order valence-electron chi connectivity index (χ2n) is 8.75. The maximum absolute atomic E-state index is 13.6. The van der Waals surface area contributed by atoms with Crippen LogP contribution in [0.2, 0.25) is 0 Å². The zero-order valence-corrected chi connectivity index (χ0v) is 23.2. The second-order valence-corrected chi connectivity index (χ2v) is 10.7. The van der Waals surface area contributed by atoms with E-state index >= 15 is 0 Å². The van der Waals surface area contributed by atoms with Gasteiger partial charge in [0, 0.05) is 17.1 Å². The van der Waals surface area contributed by atoms with Crippen molar-refractivity contribution in [1.29, 1.82) is 0 Å². The summed E-state index contributed by atoms with van der Waals surface area (Å²) in [6, 6.07) is 24.8. The number of amides is 1. The number of carbonyl (C=O) groups is 1. The van der Waals surface area contributed by atoms with Gasteiger partial charge in [-0.25, -0.2) is 5.01 Å². The monoisotopic (exact) mass is 599 g/mol. The first-order chi connectivity index (χ1) is 19.1. The molecule has 1 unspecified atom stereocenters. The van der Waals surface area contributed by atoms with Crippen molar-refractivity contribution < 1.29 is 9.53 Å². The standard InChI is InChI=1S/C28H22BrN7O2S/c1-38-21-11-7-19(8-12-21)24-16-23(18-5-9-20(29)10-6-18)33-35(24)27(37)17-39-26-14-13-25-31-32-28(36(25)34-26)22-4-2-3-15-30-22/h2-15,24H,16-17H2,1H3. The van der Waals surface area contributed by atoms with Crippen molar-refractivity contribution in [3.05, 3.63) is 101 Å². The van der Waals surface area contributed by atoms with E-state index in [0.29, 0.717) is 28.6 Å². The lowest BCUT2D eigenvalue weighted by atomic mass is 9.98. The van der Waals surface area contributed by atoms with Gasteiger partial charge in [0.25, 0.3) is 5.91 Å². The third-order valence-corrected chi connectivity index (χ3v) is 7.75. The van der Waals surface area contributed by atoms with Crippen molar-refractivity contribution in [2.45, 2.75) is 17.5 Å². The van der Waals surface area contributed by atoms with Crippen molar-refractivity contribution in [1.82, 2.24) is 29.8 Å². The van der Waals surface area contributed by atoms with Crippen LogP contribution in [-0.2, 0) is 4.79 Å². The fourth-order valence-corrected chi connectivity index (χ4v) is 5.32. The van der Waals surface area contributed by atoms with E-state index in [0.717, 1.165) is 27.1 Å². The molecule has 0 radical (unpaired) electrons. The fraction of sp³-hybridized carbons (Fsp3) is 0.143. The molecule has 0 saturated heterocycles. The Morgan fingerprint density at radius 1 is 1.03 bits per heavy atom. The van der Waals surface area contributed by atoms with Gasteiger partial charge in [0.15, 0.2) is 5.65 Å². The summed E-state index contributed by atoms with van der Waals surface area (Å²) in [6.07, 6.45) is 2.31. The number of hydrogen-bond acceptors (Lipinski definition) is 8. The van der Waals surface area contributed by atoms with Gasteiger partial charge in [-0.15, -0.1) is 10.2 Å². The van der Waals surface area contributed by atoms with Gasteiger partial charge in [0.2, 0.25) is 5.82 Å². The van der Waals surface area contributed by atoms with Crippen LogP contribution in [0.5, 0.6) is 5.75 Å². The Morgan fingerprint density at radius 2 is 1.85 bits per heavy atom. The van der Waals surface area contributed by atoms with E-state index in [2.05, 4.69) is 36.2 Å². The normalized spacial score (nSPS) is 15.0.